The fraction of sp³-hybridized carbons (Fsp3) is 0.231. The molecule has 2 aromatic rings. The maximum absolute atomic E-state index is 8.74. The van der Waals surface area contributed by atoms with Crippen molar-refractivity contribution in [3.05, 3.63) is 35.5 Å². The van der Waals surface area contributed by atoms with Crippen LogP contribution < -0.4 is 5.73 Å². The molecule has 4 nitrogen and oxygen atoms in total. The number of aromatic nitrogens is 1. The Morgan fingerprint density at radius 2 is 1.94 bits per heavy atom. The van der Waals surface area contributed by atoms with Crippen LogP contribution in [0.4, 0.5) is 5.88 Å². The summed E-state index contributed by atoms with van der Waals surface area (Å²) in [5, 5.41) is 8.74. The monoisotopic (exact) mass is 227 g/mol. The topological polar surface area (TPSA) is 75.8 Å². The molecule has 0 aliphatic carbocycles. The normalized spacial score (nSPS) is 10.5. The zero-order chi connectivity index (χ0) is 12.4. The van der Waals surface area contributed by atoms with E-state index in [9.17, 15) is 0 Å². The highest BCUT2D eigenvalue weighted by atomic mass is 16.4. The van der Waals surface area contributed by atoms with Crippen molar-refractivity contribution in [1.82, 2.24) is 4.98 Å². The number of hydrogen-bond donors (Lipinski definition) is 1. The molecule has 0 atom stereocenters. The van der Waals surface area contributed by atoms with E-state index < -0.39 is 0 Å². The first-order chi connectivity index (χ1) is 8.11. The van der Waals surface area contributed by atoms with Crippen LogP contribution in [0.25, 0.3) is 11.5 Å². The molecule has 0 unspecified atom stereocenters. The third-order valence-corrected chi connectivity index (χ3v) is 2.58. The molecule has 0 aliphatic rings. The zero-order valence-corrected chi connectivity index (χ0v) is 9.77. The van der Waals surface area contributed by atoms with Crippen molar-refractivity contribution in [3.63, 3.8) is 0 Å². The molecule has 1 heterocycles. The zero-order valence-electron chi connectivity index (χ0n) is 9.77. The third-order valence-electron chi connectivity index (χ3n) is 2.58. The molecule has 0 radical (unpaired) electrons. The molecule has 0 aliphatic heterocycles. The van der Waals surface area contributed by atoms with Crippen LogP contribution in [0.5, 0.6) is 0 Å². The number of rotatable bonds is 2. The van der Waals surface area contributed by atoms with Gasteiger partial charge in [0.1, 0.15) is 6.07 Å². The van der Waals surface area contributed by atoms with E-state index in [0.29, 0.717) is 11.8 Å². The van der Waals surface area contributed by atoms with Crippen LogP contribution in [-0.2, 0) is 0 Å². The van der Waals surface area contributed by atoms with Crippen molar-refractivity contribution in [1.29, 1.82) is 5.26 Å². The highest BCUT2D eigenvalue weighted by Crippen LogP contribution is 2.25. The largest absolute Gasteiger partial charge is 0.419 e. The first-order valence-corrected chi connectivity index (χ1v) is 5.38. The van der Waals surface area contributed by atoms with Gasteiger partial charge >= 0.3 is 0 Å². The Kier molecular flexibility index (Phi) is 2.84. The van der Waals surface area contributed by atoms with Gasteiger partial charge in [0.15, 0.2) is 0 Å². The highest BCUT2D eigenvalue weighted by Gasteiger charge is 2.11. The van der Waals surface area contributed by atoms with Gasteiger partial charge in [-0.05, 0) is 23.6 Å². The molecule has 0 amide bonds. The summed E-state index contributed by atoms with van der Waals surface area (Å²) in [6, 6.07) is 9.76. The smallest absolute Gasteiger partial charge is 0.230 e. The average molecular weight is 227 g/mol. The van der Waals surface area contributed by atoms with Crippen molar-refractivity contribution in [2.45, 2.75) is 19.8 Å². The quantitative estimate of drug-likeness (QED) is 0.855. The van der Waals surface area contributed by atoms with Gasteiger partial charge < -0.3 is 10.2 Å². The highest BCUT2D eigenvalue weighted by molar-refractivity contribution is 5.58. The standard InChI is InChI=1S/C13H13N3O/c1-8(2)9-3-5-10(6-4-9)13-16-11(7-14)12(15)17-13/h3-6,8H,15H2,1-2H3. The number of benzene rings is 1. The first kappa shape index (κ1) is 11.2. The van der Waals surface area contributed by atoms with Crippen molar-refractivity contribution < 1.29 is 4.42 Å². The van der Waals surface area contributed by atoms with Crippen molar-refractivity contribution in [2.75, 3.05) is 5.73 Å². The second kappa shape index (κ2) is 4.30. The Balaban J connectivity index is 2.37. The first-order valence-electron chi connectivity index (χ1n) is 5.38. The van der Waals surface area contributed by atoms with E-state index in [0.717, 1.165) is 5.56 Å². The molecule has 0 bridgehead atoms. The van der Waals surface area contributed by atoms with Gasteiger partial charge in [-0.15, -0.1) is 0 Å². The summed E-state index contributed by atoms with van der Waals surface area (Å²) in [6.45, 7) is 4.26. The SMILES string of the molecule is CC(C)c1ccc(-c2nc(C#N)c(N)o2)cc1. The van der Waals surface area contributed by atoms with Gasteiger partial charge in [0, 0.05) is 5.56 Å². The lowest BCUT2D eigenvalue weighted by atomic mass is 10.0. The molecular formula is C13H13N3O. The summed E-state index contributed by atoms with van der Waals surface area (Å²) >= 11 is 0. The van der Waals surface area contributed by atoms with Crippen LogP contribution in [0.2, 0.25) is 0 Å². The molecule has 0 saturated carbocycles. The van der Waals surface area contributed by atoms with Crippen LogP contribution in [0.1, 0.15) is 31.0 Å². The van der Waals surface area contributed by atoms with E-state index in [1.165, 1.54) is 5.56 Å². The molecule has 1 aromatic carbocycles. The molecule has 2 rings (SSSR count). The lowest BCUT2D eigenvalue weighted by Crippen LogP contribution is -1.86. The summed E-state index contributed by atoms with van der Waals surface area (Å²) in [6.07, 6.45) is 0. The second-order valence-electron chi connectivity index (χ2n) is 4.12. The fourth-order valence-corrected chi connectivity index (χ4v) is 1.55. The summed E-state index contributed by atoms with van der Waals surface area (Å²) in [5.74, 6) is 0.929. The Labute approximate surface area is 99.7 Å². The molecule has 86 valence electrons. The van der Waals surface area contributed by atoms with E-state index in [-0.39, 0.29) is 11.6 Å². The molecular weight excluding hydrogens is 214 g/mol. The molecule has 0 saturated heterocycles. The maximum atomic E-state index is 8.74. The Morgan fingerprint density at radius 1 is 1.29 bits per heavy atom. The molecule has 2 N–H and O–H groups in total. The predicted molar refractivity (Wildman–Crippen MR) is 65.2 cm³/mol. The molecule has 0 spiro atoms. The van der Waals surface area contributed by atoms with Gasteiger partial charge in [-0.2, -0.15) is 10.2 Å². The van der Waals surface area contributed by atoms with E-state index in [1.807, 2.05) is 30.3 Å². The molecule has 0 fully saturated rings. The maximum Gasteiger partial charge on any atom is 0.230 e. The Morgan fingerprint density at radius 3 is 2.41 bits per heavy atom. The number of anilines is 1. The van der Waals surface area contributed by atoms with Gasteiger partial charge in [-0.1, -0.05) is 26.0 Å². The van der Waals surface area contributed by atoms with E-state index in [2.05, 4.69) is 18.8 Å². The van der Waals surface area contributed by atoms with Crippen LogP contribution in [-0.4, -0.2) is 4.98 Å². The van der Waals surface area contributed by atoms with E-state index in [4.69, 9.17) is 15.4 Å². The number of nitriles is 1. The Hall–Kier alpha value is -2.28. The molecule has 17 heavy (non-hydrogen) atoms. The van der Waals surface area contributed by atoms with Crippen LogP contribution in [0.15, 0.2) is 28.7 Å². The number of nitrogens with two attached hydrogens (primary N) is 1. The van der Waals surface area contributed by atoms with E-state index >= 15 is 0 Å². The molecule has 4 heteroatoms. The fourth-order valence-electron chi connectivity index (χ4n) is 1.55. The summed E-state index contributed by atoms with van der Waals surface area (Å²) < 4.78 is 5.24. The van der Waals surface area contributed by atoms with Gasteiger partial charge in [-0.25, -0.2) is 0 Å². The second-order valence-corrected chi connectivity index (χ2v) is 4.12. The summed E-state index contributed by atoms with van der Waals surface area (Å²) in [7, 11) is 0. The van der Waals surface area contributed by atoms with Crippen LogP contribution in [0, 0.1) is 11.3 Å². The third kappa shape index (κ3) is 2.13. The molecule has 1 aromatic heterocycles. The number of nitrogen functional groups attached to an aromatic ring is 1. The predicted octanol–water partition coefficient (Wildman–Crippen LogP) is 2.92. The number of oxazole rings is 1. The average Bonchev–Trinajstić information content (AvgIpc) is 2.70. The van der Waals surface area contributed by atoms with Crippen molar-refractivity contribution in [3.8, 4) is 17.5 Å². The van der Waals surface area contributed by atoms with Crippen LogP contribution >= 0.6 is 0 Å². The summed E-state index contributed by atoms with van der Waals surface area (Å²) in [5.41, 5.74) is 7.71. The van der Waals surface area contributed by atoms with E-state index in [1.54, 1.807) is 0 Å². The lowest BCUT2D eigenvalue weighted by molar-refractivity contribution is 0.593. The number of nitrogens with zero attached hydrogens (tertiary/aromatic N) is 2. The van der Waals surface area contributed by atoms with Gasteiger partial charge in [0.25, 0.3) is 0 Å². The summed E-state index contributed by atoms with van der Waals surface area (Å²) in [4.78, 5) is 4.02. The number of hydrogen-bond acceptors (Lipinski definition) is 4. The van der Waals surface area contributed by atoms with Crippen LogP contribution in [0.3, 0.4) is 0 Å². The van der Waals surface area contributed by atoms with Crippen molar-refractivity contribution in [2.24, 2.45) is 0 Å². The van der Waals surface area contributed by atoms with Gasteiger partial charge in [0.05, 0.1) is 0 Å². The minimum Gasteiger partial charge on any atom is -0.419 e. The Bertz CT molecular complexity index is 561. The van der Waals surface area contributed by atoms with Gasteiger partial charge in [0.2, 0.25) is 17.5 Å². The minimum absolute atomic E-state index is 0.0652. The minimum atomic E-state index is 0.0652. The van der Waals surface area contributed by atoms with Gasteiger partial charge in [-0.3, -0.25) is 0 Å². The van der Waals surface area contributed by atoms with Crippen molar-refractivity contribution >= 4 is 5.88 Å². The lowest BCUT2D eigenvalue weighted by Gasteiger charge is -2.04.